The molecule has 0 nitrogen and oxygen atoms in total. The van der Waals surface area contributed by atoms with Gasteiger partial charge in [0, 0.05) is 15.7 Å². The number of allylic oxidation sites excluding steroid dienone is 4. The highest BCUT2D eigenvalue weighted by Crippen LogP contribution is 2.39. The molecular formula is C10H18Si. The van der Waals surface area contributed by atoms with E-state index in [2.05, 4.69) is 33.8 Å². The van der Waals surface area contributed by atoms with Gasteiger partial charge in [0.1, 0.15) is 0 Å². The highest BCUT2D eigenvalue weighted by Gasteiger charge is 2.25. The molecule has 1 aliphatic rings. The topological polar surface area (TPSA) is 0 Å². The Morgan fingerprint density at radius 3 is 2.36 bits per heavy atom. The summed E-state index contributed by atoms with van der Waals surface area (Å²) in [4.78, 5) is 0. The van der Waals surface area contributed by atoms with Gasteiger partial charge >= 0.3 is 0 Å². The lowest BCUT2D eigenvalue weighted by Crippen LogP contribution is -2.19. The van der Waals surface area contributed by atoms with Gasteiger partial charge in [-0.15, -0.1) is 0 Å². The van der Waals surface area contributed by atoms with E-state index in [1.807, 2.05) is 0 Å². The third-order valence-corrected chi connectivity index (χ3v) is 4.44. The standard InChI is InChI=1S/C10H18Si/c1-7-5-6-9(11)8(2)10(7,3)4/h5H,6H2,1-4,11H3. The molecule has 0 aromatic heterocycles. The minimum atomic E-state index is 0.343. The van der Waals surface area contributed by atoms with Crippen molar-refractivity contribution >= 4 is 10.2 Å². The predicted molar refractivity (Wildman–Crippen MR) is 54.8 cm³/mol. The fraction of sp³-hybridized carbons (Fsp3) is 0.600. The molecule has 62 valence electrons. The van der Waals surface area contributed by atoms with Crippen LogP contribution in [0, 0.1) is 5.41 Å². The minimum Gasteiger partial charge on any atom is -0.0883 e. The summed E-state index contributed by atoms with van der Waals surface area (Å²) in [5.41, 5.74) is 3.49. The van der Waals surface area contributed by atoms with Crippen LogP contribution in [0.15, 0.2) is 22.4 Å². The largest absolute Gasteiger partial charge is 0.0883 e. The average Bonchev–Trinajstić information content (AvgIpc) is 1.95. The van der Waals surface area contributed by atoms with E-state index in [0.29, 0.717) is 5.41 Å². The smallest absolute Gasteiger partial charge is 0.0336 e. The summed E-state index contributed by atoms with van der Waals surface area (Å²) >= 11 is 0. The van der Waals surface area contributed by atoms with Crippen LogP contribution in [-0.4, -0.2) is 10.2 Å². The Kier molecular flexibility index (Phi) is 2.10. The Labute approximate surface area is 72.8 Å². The zero-order valence-corrected chi connectivity index (χ0v) is 10.3. The zero-order chi connectivity index (χ0) is 8.65. The van der Waals surface area contributed by atoms with Gasteiger partial charge in [-0.05, 0) is 20.3 Å². The fourth-order valence-corrected chi connectivity index (χ4v) is 2.37. The van der Waals surface area contributed by atoms with Crippen LogP contribution in [0.4, 0.5) is 0 Å². The molecule has 0 saturated heterocycles. The van der Waals surface area contributed by atoms with Crippen LogP contribution in [0.5, 0.6) is 0 Å². The molecule has 0 aromatic carbocycles. The summed E-state index contributed by atoms with van der Waals surface area (Å²) < 4.78 is 0. The van der Waals surface area contributed by atoms with Crippen molar-refractivity contribution in [3.63, 3.8) is 0 Å². The molecule has 1 heteroatoms. The van der Waals surface area contributed by atoms with E-state index in [0.717, 1.165) is 0 Å². The Morgan fingerprint density at radius 1 is 1.36 bits per heavy atom. The Balaban J connectivity index is 3.07. The first kappa shape index (κ1) is 8.79. The second-order valence-electron chi connectivity index (χ2n) is 4.12. The fourth-order valence-electron chi connectivity index (χ4n) is 1.54. The molecule has 0 N–H and O–H groups in total. The van der Waals surface area contributed by atoms with Crippen molar-refractivity contribution in [2.45, 2.75) is 34.1 Å². The van der Waals surface area contributed by atoms with Gasteiger partial charge < -0.3 is 0 Å². The Morgan fingerprint density at radius 2 is 1.91 bits per heavy atom. The second-order valence-corrected chi connectivity index (χ2v) is 5.33. The van der Waals surface area contributed by atoms with Crippen molar-refractivity contribution in [3.8, 4) is 0 Å². The number of rotatable bonds is 0. The van der Waals surface area contributed by atoms with Crippen LogP contribution < -0.4 is 0 Å². The van der Waals surface area contributed by atoms with E-state index in [-0.39, 0.29) is 0 Å². The van der Waals surface area contributed by atoms with Crippen molar-refractivity contribution in [3.05, 3.63) is 22.4 Å². The summed E-state index contributed by atoms with van der Waals surface area (Å²) in [6, 6.07) is 0. The maximum Gasteiger partial charge on any atom is 0.0336 e. The van der Waals surface area contributed by atoms with Gasteiger partial charge in [0.2, 0.25) is 0 Å². The predicted octanol–water partition coefficient (Wildman–Crippen LogP) is 2.00. The molecule has 0 atom stereocenters. The summed E-state index contributed by atoms with van der Waals surface area (Å²) in [5, 5.41) is 1.68. The molecule has 0 heterocycles. The molecule has 0 amide bonds. The van der Waals surface area contributed by atoms with Crippen molar-refractivity contribution in [1.82, 2.24) is 0 Å². The third-order valence-electron chi connectivity index (χ3n) is 3.28. The summed E-state index contributed by atoms with van der Waals surface area (Å²) in [6.45, 7) is 9.19. The SMILES string of the molecule is CC1=CCC([SiH3])=C(C)C1(C)C. The molecule has 11 heavy (non-hydrogen) atoms. The normalized spacial score (nSPS) is 23.8. The molecule has 0 spiro atoms. The molecule has 0 bridgehead atoms. The zero-order valence-electron chi connectivity index (χ0n) is 8.28. The molecule has 0 saturated carbocycles. The summed E-state index contributed by atoms with van der Waals surface area (Å²) in [7, 11) is 1.23. The lowest BCUT2D eigenvalue weighted by Gasteiger charge is -2.32. The molecule has 0 fully saturated rings. The van der Waals surface area contributed by atoms with E-state index in [1.54, 1.807) is 10.8 Å². The van der Waals surface area contributed by atoms with Gasteiger partial charge in [-0.25, -0.2) is 0 Å². The van der Waals surface area contributed by atoms with Crippen molar-refractivity contribution in [2.24, 2.45) is 5.41 Å². The summed E-state index contributed by atoms with van der Waals surface area (Å²) in [6.07, 6.45) is 3.60. The van der Waals surface area contributed by atoms with Crippen molar-refractivity contribution in [2.75, 3.05) is 0 Å². The van der Waals surface area contributed by atoms with Gasteiger partial charge in [0.15, 0.2) is 0 Å². The lowest BCUT2D eigenvalue weighted by atomic mass is 9.75. The maximum atomic E-state index is 2.38. The third kappa shape index (κ3) is 1.34. The summed E-state index contributed by atoms with van der Waals surface area (Å²) in [5.74, 6) is 0. The number of hydrogen-bond acceptors (Lipinski definition) is 0. The van der Waals surface area contributed by atoms with E-state index < -0.39 is 0 Å². The maximum absolute atomic E-state index is 2.38. The molecular weight excluding hydrogens is 148 g/mol. The first-order valence-corrected chi connectivity index (χ1v) is 5.30. The van der Waals surface area contributed by atoms with Crippen LogP contribution in [0.1, 0.15) is 34.1 Å². The quantitative estimate of drug-likeness (QED) is 0.381. The number of hydrogen-bond donors (Lipinski definition) is 0. The van der Waals surface area contributed by atoms with E-state index in [1.165, 1.54) is 22.2 Å². The van der Waals surface area contributed by atoms with Gasteiger partial charge in [-0.1, -0.05) is 36.3 Å². The van der Waals surface area contributed by atoms with Crippen molar-refractivity contribution < 1.29 is 0 Å². The minimum absolute atomic E-state index is 0.343. The first-order chi connectivity index (χ1) is 4.96. The first-order valence-electron chi connectivity index (χ1n) is 4.30. The van der Waals surface area contributed by atoms with E-state index >= 15 is 0 Å². The average molecular weight is 166 g/mol. The van der Waals surface area contributed by atoms with Crippen LogP contribution >= 0.6 is 0 Å². The molecule has 0 unspecified atom stereocenters. The van der Waals surface area contributed by atoms with Crippen molar-refractivity contribution in [1.29, 1.82) is 0 Å². The van der Waals surface area contributed by atoms with Crippen LogP contribution in [0.3, 0.4) is 0 Å². The van der Waals surface area contributed by atoms with Gasteiger partial charge in [0.05, 0.1) is 0 Å². The highest BCUT2D eigenvalue weighted by atomic mass is 28.1. The molecule has 0 aromatic rings. The van der Waals surface area contributed by atoms with Gasteiger partial charge in [0.25, 0.3) is 0 Å². The monoisotopic (exact) mass is 166 g/mol. The van der Waals surface area contributed by atoms with Crippen LogP contribution in [0.2, 0.25) is 0 Å². The second kappa shape index (κ2) is 2.63. The molecule has 1 aliphatic carbocycles. The highest BCUT2D eigenvalue weighted by molar-refractivity contribution is 6.22. The molecule has 0 aliphatic heterocycles. The van der Waals surface area contributed by atoms with E-state index in [9.17, 15) is 0 Å². The van der Waals surface area contributed by atoms with Crippen LogP contribution in [-0.2, 0) is 0 Å². The lowest BCUT2D eigenvalue weighted by molar-refractivity contribution is 0.524. The van der Waals surface area contributed by atoms with Crippen LogP contribution in [0.25, 0.3) is 0 Å². The van der Waals surface area contributed by atoms with E-state index in [4.69, 9.17) is 0 Å². The van der Waals surface area contributed by atoms with Gasteiger partial charge in [-0.3, -0.25) is 0 Å². The molecule has 0 radical (unpaired) electrons. The molecule has 1 rings (SSSR count). The van der Waals surface area contributed by atoms with Gasteiger partial charge in [-0.2, -0.15) is 0 Å². The Bertz CT molecular complexity index is 231. The Hall–Kier alpha value is -0.303.